The largest absolute Gasteiger partial charge is 0.454 e. The second-order valence-electron chi connectivity index (χ2n) is 7.47. The van der Waals surface area contributed by atoms with E-state index in [1.165, 1.54) is 12.1 Å². The molecule has 0 spiro atoms. The summed E-state index contributed by atoms with van der Waals surface area (Å²) in [6.45, 7) is 2.97. The third kappa shape index (κ3) is 5.63. The van der Waals surface area contributed by atoms with Crippen LogP contribution in [0.25, 0.3) is 0 Å². The minimum absolute atomic E-state index is 0.148. The molecule has 2 aromatic rings. The lowest BCUT2D eigenvalue weighted by Gasteiger charge is -2.17. The molecule has 1 atom stereocenters. The predicted octanol–water partition coefficient (Wildman–Crippen LogP) is 2.73. The molecule has 0 bridgehead atoms. The number of nitro groups is 1. The SMILES string of the molecule is C[C@H](Nc1ccc(S(=O)(=O)NCCCN(C)C)cc1[N+](=O)[O-])c1ccc2c(c1)OCO2. The number of nitro benzene ring substituents is 1. The molecule has 1 heterocycles. The summed E-state index contributed by atoms with van der Waals surface area (Å²) >= 11 is 0. The van der Waals surface area contributed by atoms with Crippen LogP contribution in [0.4, 0.5) is 11.4 Å². The average Bonchev–Trinajstić information content (AvgIpc) is 3.19. The van der Waals surface area contributed by atoms with E-state index in [0.717, 1.165) is 18.2 Å². The maximum Gasteiger partial charge on any atom is 0.293 e. The Bertz CT molecular complexity index is 1060. The minimum atomic E-state index is -3.85. The van der Waals surface area contributed by atoms with Gasteiger partial charge in [0, 0.05) is 18.7 Å². The lowest BCUT2D eigenvalue weighted by Crippen LogP contribution is -2.27. The van der Waals surface area contributed by atoms with Crippen molar-refractivity contribution in [3.63, 3.8) is 0 Å². The molecule has 31 heavy (non-hydrogen) atoms. The number of hydrogen-bond acceptors (Lipinski definition) is 8. The van der Waals surface area contributed by atoms with Crippen LogP contribution in [-0.2, 0) is 10.0 Å². The molecule has 0 fully saturated rings. The van der Waals surface area contributed by atoms with E-state index >= 15 is 0 Å². The number of nitrogens with one attached hydrogen (secondary N) is 2. The summed E-state index contributed by atoms with van der Waals surface area (Å²) in [6.07, 6.45) is 0.626. The van der Waals surface area contributed by atoms with E-state index in [-0.39, 0.29) is 35.6 Å². The summed E-state index contributed by atoms with van der Waals surface area (Å²) in [7, 11) is -0.0557. The Hall–Kier alpha value is -2.89. The Labute approximate surface area is 181 Å². The summed E-state index contributed by atoms with van der Waals surface area (Å²) in [5.41, 5.74) is 0.753. The molecule has 10 nitrogen and oxygen atoms in total. The van der Waals surface area contributed by atoms with E-state index in [1.807, 2.05) is 38.1 Å². The van der Waals surface area contributed by atoms with Gasteiger partial charge in [0.2, 0.25) is 16.8 Å². The fourth-order valence-electron chi connectivity index (χ4n) is 3.14. The Morgan fingerprint density at radius 2 is 1.90 bits per heavy atom. The third-order valence-corrected chi connectivity index (χ3v) is 6.28. The summed E-state index contributed by atoms with van der Waals surface area (Å²) in [5, 5.41) is 14.7. The molecular weight excluding hydrogens is 424 g/mol. The molecule has 0 saturated heterocycles. The van der Waals surface area contributed by atoms with Crippen LogP contribution in [0.2, 0.25) is 0 Å². The molecule has 1 aliphatic rings. The van der Waals surface area contributed by atoms with Crippen molar-refractivity contribution in [2.75, 3.05) is 39.3 Å². The number of sulfonamides is 1. The Balaban J connectivity index is 1.76. The van der Waals surface area contributed by atoms with Crippen molar-refractivity contribution in [3.05, 3.63) is 52.1 Å². The Morgan fingerprint density at radius 1 is 1.16 bits per heavy atom. The summed E-state index contributed by atoms with van der Waals surface area (Å²) < 4.78 is 38.2. The topological polar surface area (TPSA) is 123 Å². The molecule has 0 unspecified atom stereocenters. The fraction of sp³-hybridized carbons (Fsp3) is 0.400. The van der Waals surface area contributed by atoms with E-state index in [2.05, 4.69) is 10.0 Å². The van der Waals surface area contributed by atoms with Gasteiger partial charge in [0.15, 0.2) is 11.5 Å². The number of anilines is 1. The van der Waals surface area contributed by atoms with Crippen LogP contribution in [-0.4, -0.2) is 52.2 Å². The van der Waals surface area contributed by atoms with E-state index in [0.29, 0.717) is 17.9 Å². The smallest absolute Gasteiger partial charge is 0.293 e. The monoisotopic (exact) mass is 450 g/mol. The van der Waals surface area contributed by atoms with Crippen LogP contribution in [0.3, 0.4) is 0 Å². The third-order valence-electron chi connectivity index (χ3n) is 4.82. The van der Waals surface area contributed by atoms with E-state index < -0.39 is 14.9 Å². The van der Waals surface area contributed by atoms with Crippen LogP contribution in [0.5, 0.6) is 11.5 Å². The van der Waals surface area contributed by atoms with Crippen molar-refractivity contribution in [3.8, 4) is 11.5 Å². The molecule has 11 heteroatoms. The van der Waals surface area contributed by atoms with Crippen LogP contribution in [0, 0.1) is 10.1 Å². The number of hydrogen-bond donors (Lipinski definition) is 2. The highest BCUT2D eigenvalue weighted by atomic mass is 32.2. The quantitative estimate of drug-likeness (QED) is 0.322. The second kappa shape index (κ2) is 9.50. The highest BCUT2D eigenvalue weighted by Crippen LogP contribution is 2.36. The lowest BCUT2D eigenvalue weighted by molar-refractivity contribution is -0.384. The Morgan fingerprint density at radius 3 is 2.61 bits per heavy atom. The van der Waals surface area contributed by atoms with Gasteiger partial charge in [0.05, 0.1) is 9.82 Å². The maximum absolute atomic E-state index is 12.5. The number of ether oxygens (including phenoxy) is 2. The zero-order valence-electron chi connectivity index (χ0n) is 17.6. The van der Waals surface area contributed by atoms with E-state index in [4.69, 9.17) is 9.47 Å². The molecule has 2 N–H and O–H groups in total. The zero-order chi connectivity index (χ0) is 22.6. The summed E-state index contributed by atoms with van der Waals surface area (Å²) in [4.78, 5) is 12.8. The molecule has 0 saturated carbocycles. The molecule has 3 rings (SSSR count). The molecule has 168 valence electrons. The second-order valence-corrected chi connectivity index (χ2v) is 9.24. The fourth-order valence-corrected chi connectivity index (χ4v) is 4.23. The molecule has 0 aliphatic carbocycles. The van der Waals surface area contributed by atoms with Crippen LogP contribution in [0.15, 0.2) is 41.3 Å². The van der Waals surface area contributed by atoms with Gasteiger partial charge in [-0.15, -0.1) is 0 Å². The lowest BCUT2D eigenvalue weighted by atomic mass is 10.1. The highest BCUT2D eigenvalue weighted by molar-refractivity contribution is 7.89. The molecule has 2 aromatic carbocycles. The van der Waals surface area contributed by atoms with Crippen molar-refractivity contribution in [2.45, 2.75) is 24.3 Å². The first-order chi connectivity index (χ1) is 14.7. The van der Waals surface area contributed by atoms with Crippen molar-refractivity contribution in [1.29, 1.82) is 0 Å². The molecule has 0 aromatic heterocycles. The number of nitrogens with zero attached hydrogens (tertiary/aromatic N) is 2. The van der Waals surface area contributed by atoms with Gasteiger partial charge in [-0.05, 0) is 63.8 Å². The van der Waals surface area contributed by atoms with Gasteiger partial charge < -0.3 is 19.7 Å². The first kappa shape index (κ1) is 22.8. The van der Waals surface area contributed by atoms with E-state index in [9.17, 15) is 18.5 Å². The van der Waals surface area contributed by atoms with Gasteiger partial charge in [0.1, 0.15) is 5.69 Å². The predicted molar refractivity (Wildman–Crippen MR) is 116 cm³/mol. The summed E-state index contributed by atoms with van der Waals surface area (Å²) in [6, 6.07) is 8.98. The van der Waals surface area contributed by atoms with E-state index in [1.54, 1.807) is 6.07 Å². The van der Waals surface area contributed by atoms with Gasteiger partial charge >= 0.3 is 0 Å². The standard InChI is InChI=1S/C20H26N4O6S/c1-14(15-5-8-19-20(11-15)30-13-29-19)22-17-7-6-16(12-18(17)24(25)26)31(27,28)21-9-4-10-23(2)3/h5-8,11-12,14,21-22H,4,9-10,13H2,1-3H3/t14-/m0/s1. The van der Waals surface area contributed by atoms with Gasteiger partial charge in [-0.1, -0.05) is 6.07 Å². The first-order valence-electron chi connectivity index (χ1n) is 9.76. The minimum Gasteiger partial charge on any atom is -0.454 e. The molecular formula is C20H26N4O6S. The van der Waals surface area contributed by atoms with Gasteiger partial charge in [-0.2, -0.15) is 0 Å². The summed E-state index contributed by atoms with van der Waals surface area (Å²) in [5.74, 6) is 1.26. The van der Waals surface area contributed by atoms with Gasteiger partial charge in [0.25, 0.3) is 5.69 Å². The number of benzene rings is 2. The van der Waals surface area contributed by atoms with Crippen molar-refractivity contribution < 1.29 is 22.8 Å². The zero-order valence-corrected chi connectivity index (χ0v) is 18.4. The normalized spacial score (nSPS) is 13.9. The maximum atomic E-state index is 12.5. The number of rotatable bonds is 10. The molecule has 0 radical (unpaired) electrons. The molecule has 1 aliphatic heterocycles. The van der Waals surface area contributed by atoms with Gasteiger partial charge in [-0.25, -0.2) is 13.1 Å². The van der Waals surface area contributed by atoms with Gasteiger partial charge in [-0.3, -0.25) is 10.1 Å². The van der Waals surface area contributed by atoms with Crippen LogP contribution < -0.4 is 19.5 Å². The highest BCUT2D eigenvalue weighted by Gasteiger charge is 2.23. The molecule has 0 amide bonds. The number of fused-ring (bicyclic) bond motifs is 1. The van der Waals surface area contributed by atoms with Crippen molar-refractivity contribution in [1.82, 2.24) is 9.62 Å². The van der Waals surface area contributed by atoms with Crippen LogP contribution >= 0.6 is 0 Å². The van der Waals surface area contributed by atoms with Crippen LogP contribution in [0.1, 0.15) is 24.9 Å². The Kier molecular flexibility index (Phi) is 6.98. The van der Waals surface area contributed by atoms with Crippen molar-refractivity contribution >= 4 is 21.4 Å². The van der Waals surface area contributed by atoms with Crippen molar-refractivity contribution in [2.24, 2.45) is 0 Å². The average molecular weight is 451 g/mol. The first-order valence-corrected chi connectivity index (χ1v) is 11.2.